The average molecular weight is 271 g/mol. The van der Waals surface area contributed by atoms with Crippen molar-refractivity contribution in [2.75, 3.05) is 18.4 Å². The smallest absolute Gasteiger partial charge is 0.241 e. The van der Waals surface area contributed by atoms with E-state index >= 15 is 0 Å². The molecule has 1 saturated heterocycles. The molecule has 0 unspecified atom stereocenters. The molecule has 106 valence electrons. The van der Waals surface area contributed by atoms with Crippen molar-refractivity contribution in [3.63, 3.8) is 0 Å². The summed E-state index contributed by atoms with van der Waals surface area (Å²) in [6.45, 7) is 6.14. The third-order valence-corrected chi connectivity index (χ3v) is 3.87. The summed E-state index contributed by atoms with van der Waals surface area (Å²) in [4.78, 5) is 14.5. The first kappa shape index (κ1) is 14.5. The molecule has 4 nitrogen and oxygen atoms in total. The maximum absolute atomic E-state index is 12.3. The van der Waals surface area contributed by atoms with Crippen molar-refractivity contribution in [1.29, 1.82) is 5.26 Å². The molecule has 0 bridgehead atoms. The first-order valence-electron chi connectivity index (χ1n) is 7.15. The largest absolute Gasteiger partial charge is 0.325 e. The Morgan fingerprint density at radius 2 is 2.35 bits per heavy atom. The van der Waals surface area contributed by atoms with Crippen molar-refractivity contribution in [2.24, 2.45) is 5.92 Å². The van der Waals surface area contributed by atoms with E-state index in [1.54, 1.807) is 18.2 Å². The maximum Gasteiger partial charge on any atom is 0.241 e. The number of nitrogens with one attached hydrogen (secondary N) is 1. The zero-order chi connectivity index (χ0) is 14.5. The van der Waals surface area contributed by atoms with E-state index in [-0.39, 0.29) is 11.9 Å². The number of piperidine rings is 1. The van der Waals surface area contributed by atoms with Crippen LogP contribution in [0.4, 0.5) is 5.69 Å². The lowest BCUT2D eigenvalue weighted by Gasteiger charge is -2.34. The van der Waals surface area contributed by atoms with E-state index in [0.717, 1.165) is 19.5 Å². The van der Waals surface area contributed by atoms with Crippen LogP contribution in [-0.4, -0.2) is 29.9 Å². The monoisotopic (exact) mass is 271 g/mol. The van der Waals surface area contributed by atoms with Gasteiger partial charge in [-0.1, -0.05) is 13.0 Å². The summed E-state index contributed by atoms with van der Waals surface area (Å²) >= 11 is 0. The molecule has 1 heterocycles. The molecule has 2 rings (SSSR count). The summed E-state index contributed by atoms with van der Waals surface area (Å²) < 4.78 is 0. The van der Waals surface area contributed by atoms with E-state index < -0.39 is 0 Å². The first-order valence-corrected chi connectivity index (χ1v) is 7.15. The van der Waals surface area contributed by atoms with Gasteiger partial charge < -0.3 is 5.32 Å². The Balaban J connectivity index is 1.98. The predicted molar refractivity (Wildman–Crippen MR) is 79.2 cm³/mol. The van der Waals surface area contributed by atoms with Gasteiger partial charge in [0.2, 0.25) is 5.91 Å². The topological polar surface area (TPSA) is 56.1 Å². The number of nitrogens with zero attached hydrogens (tertiary/aromatic N) is 2. The molecule has 0 saturated carbocycles. The number of carbonyl (C=O) groups excluding carboxylic acids is 1. The molecular formula is C16H21N3O. The van der Waals surface area contributed by atoms with E-state index in [1.807, 2.05) is 13.0 Å². The van der Waals surface area contributed by atoms with Crippen LogP contribution in [0, 0.1) is 17.2 Å². The Morgan fingerprint density at radius 1 is 1.55 bits per heavy atom. The number of anilines is 1. The number of hydrogen-bond donors (Lipinski definition) is 1. The molecule has 0 spiro atoms. The lowest BCUT2D eigenvalue weighted by molar-refractivity contribution is -0.121. The normalized spacial score (nSPS) is 20.9. The highest BCUT2D eigenvalue weighted by Gasteiger charge is 2.25. The average Bonchev–Trinajstić information content (AvgIpc) is 2.46. The van der Waals surface area contributed by atoms with Gasteiger partial charge in [0.15, 0.2) is 0 Å². The predicted octanol–water partition coefficient (Wildman–Crippen LogP) is 2.62. The van der Waals surface area contributed by atoms with Crippen molar-refractivity contribution in [2.45, 2.75) is 32.7 Å². The van der Waals surface area contributed by atoms with E-state index in [0.29, 0.717) is 17.2 Å². The Bertz CT molecular complexity index is 521. The van der Waals surface area contributed by atoms with Crippen LogP contribution in [0.1, 0.15) is 32.3 Å². The molecule has 2 atom stereocenters. The summed E-state index contributed by atoms with van der Waals surface area (Å²) in [6, 6.07) is 8.96. The fourth-order valence-electron chi connectivity index (χ4n) is 2.66. The van der Waals surface area contributed by atoms with Gasteiger partial charge in [0.05, 0.1) is 17.7 Å². The SMILES string of the molecule is C[C@@H]1CCCN([C@@H](C)C(=O)Nc2cccc(C#N)c2)C1. The zero-order valence-corrected chi connectivity index (χ0v) is 12.1. The Labute approximate surface area is 120 Å². The van der Waals surface area contributed by atoms with Gasteiger partial charge in [-0.2, -0.15) is 5.26 Å². The second-order valence-corrected chi connectivity index (χ2v) is 5.60. The highest BCUT2D eigenvalue weighted by molar-refractivity contribution is 5.94. The van der Waals surface area contributed by atoms with Gasteiger partial charge in [-0.3, -0.25) is 9.69 Å². The quantitative estimate of drug-likeness (QED) is 0.919. The van der Waals surface area contributed by atoms with Gasteiger partial charge in [0, 0.05) is 12.2 Å². The maximum atomic E-state index is 12.3. The zero-order valence-electron chi connectivity index (χ0n) is 12.1. The van der Waals surface area contributed by atoms with Crippen molar-refractivity contribution in [1.82, 2.24) is 4.90 Å². The van der Waals surface area contributed by atoms with Gasteiger partial charge in [-0.05, 0) is 50.4 Å². The number of benzene rings is 1. The summed E-state index contributed by atoms with van der Waals surface area (Å²) in [5.74, 6) is 0.648. The van der Waals surface area contributed by atoms with Crippen LogP contribution >= 0.6 is 0 Å². The van der Waals surface area contributed by atoms with Crippen LogP contribution in [0.2, 0.25) is 0 Å². The third kappa shape index (κ3) is 3.58. The molecule has 1 aliphatic rings. The summed E-state index contributed by atoms with van der Waals surface area (Å²) in [7, 11) is 0. The summed E-state index contributed by atoms with van der Waals surface area (Å²) in [5, 5.41) is 11.8. The van der Waals surface area contributed by atoms with Crippen LogP contribution in [0.3, 0.4) is 0 Å². The molecule has 1 amide bonds. The van der Waals surface area contributed by atoms with E-state index in [2.05, 4.69) is 23.2 Å². The molecule has 1 aromatic carbocycles. The Morgan fingerprint density at radius 3 is 3.05 bits per heavy atom. The lowest BCUT2D eigenvalue weighted by Crippen LogP contribution is -2.46. The molecule has 20 heavy (non-hydrogen) atoms. The Kier molecular flexibility index (Phi) is 4.75. The minimum Gasteiger partial charge on any atom is -0.325 e. The second-order valence-electron chi connectivity index (χ2n) is 5.60. The standard InChI is InChI=1S/C16H21N3O/c1-12-5-4-8-19(11-12)13(2)16(20)18-15-7-3-6-14(9-15)10-17/h3,6-7,9,12-13H,4-5,8,11H2,1-2H3,(H,18,20)/t12-,13+/m1/s1. The molecule has 1 N–H and O–H groups in total. The number of hydrogen-bond acceptors (Lipinski definition) is 3. The van der Waals surface area contributed by atoms with Gasteiger partial charge in [-0.15, -0.1) is 0 Å². The molecule has 4 heteroatoms. The molecule has 1 aliphatic heterocycles. The lowest BCUT2D eigenvalue weighted by atomic mass is 9.99. The molecular weight excluding hydrogens is 250 g/mol. The minimum atomic E-state index is -0.136. The molecule has 0 aliphatic carbocycles. The fourth-order valence-corrected chi connectivity index (χ4v) is 2.66. The number of carbonyl (C=O) groups is 1. The van der Waals surface area contributed by atoms with E-state index in [9.17, 15) is 4.79 Å². The van der Waals surface area contributed by atoms with Gasteiger partial charge in [0.1, 0.15) is 0 Å². The third-order valence-electron chi connectivity index (χ3n) is 3.87. The second kappa shape index (κ2) is 6.53. The highest BCUT2D eigenvalue weighted by atomic mass is 16.2. The highest BCUT2D eigenvalue weighted by Crippen LogP contribution is 2.18. The molecule has 1 fully saturated rings. The van der Waals surface area contributed by atoms with Crippen molar-refractivity contribution in [3.8, 4) is 6.07 Å². The van der Waals surface area contributed by atoms with Crippen LogP contribution in [0.5, 0.6) is 0 Å². The number of amides is 1. The van der Waals surface area contributed by atoms with E-state index in [4.69, 9.17) is 5.26 Å². The number of nitriles is 1. The van der Waals surface area contributed by atoms with Crippen LogP contribution < -0.4 is 5.32 Å². The van der Waals surface area contributed by atoms with Crippen molar-refractivity contribution >= 4 is 11.6 Å². The van der Waals surface area contributed by atoms with Crippen molar-refractivity contribution < 1.29 is 4.79 Å². The van der Waals surface area contributed by atoms with Gasteiger partial charge >= 0.3 is 0 Å². The first-order chi connectivity index (χ1) is 9.60. The summed E-state index contributed by atoms with van der Waals surface area (Å²) in [5.41, 5.74) is 1.24. The van der Waals surface area contributed by atoms with Crippen molar-refractivity contribution in [3.05, 3.63) is 29.8 Å². The number of likely N-dealkylation sites (tertiary alicyclic amines) is 1. The molecule has 0 aromatic heterocycles. The Hall–Kier alpha value is -1.86. The summed E-state index contributed by atoms with van der Waals surface area (Å²) in [6.07, 6.45) is 2.40. The van der Waals surface area contributed by atoms with Gasteiger partial charge in [0.25, 0.3) is 0 Å². The van der Waals surface area contributed by atoms with Gasteiger partial charge in [-0.25, -0.2) is 0 Å². The van der Waals surface area contributed by atoms with Crippen LogP contribution in [0.15, 0.2) is 24.3 Å². The van der Waals surface area contributed by atoms with Crippen LogP contribution in [0.25, 0.3) is 0 Å². The van der Waals surface area contributed by atoms with Crippen LogP contribution in [-0.2, 0) is 4.79 Å². The fraction of sp³-hybridized carbons (Fsp3) is 0.500. The molecule has 1 aromatic rings. The number of rotatable bonds is 3. The van der Waals surface area contributed by atoms with E-state index in [1.165, 1.54) is 6.42 Å². The molecule has 0 radical (unpaired) electrons. The minimum absolute atomic E-state index is 0.00538.